The van der Waals surface area contributed by atoms with Crippen LogP contribution in [0.5, 0.6) is 0 Å². The molecule has 8 nitrogen and oxygen atoms in total. The van der Waals surface area contributed by atoms with Crippen LogP contribution in [0.2, 0.25) is 0 Å². The molecular formula is C25H29N5O3. The number of fused-ring (bicyclic) bond motifs is 2. The van der Waals surface area contributed by atoms with Gasteiger partial charge in [0, 0.05) is 19.5 Å². The summed E-state index contributed by atoms with van der Waals surface area (Å²) in [5.74, 6) is 0.453. The molecule has 3 amide bonds. The van der Waals surface area contributed by atoms with Crippen molar-refractivity contribution in [3.05, 3.63) is 59.9 Å². The number of nitrogens with zero attached hydrogens (tertiary/aromatic N) is 2. The van der Waals surface area contributed by atoms with Gasteiger partial charge in [-0.05, 0) is 36.6 Å². The Balaban J connectivity index is 1.31. The first-order valence-electron chi connectivity index (χ1n) is 11.3. The molecule has 0 bridgehead atoms. The van der Waals surface area contributed by atoms with Crippen LogP contribution in [0.3, 0.4) is 0 Å². The number of hydrogen-bond donors (Lipinski definition) is 3. The van der Waals surface area contributed by atoms with Gasteiger partial charge in [-0.25, -0.2) is 4.98 Å². The quantitative estimate of drug-likeness (QED) is 0.462. The Morgan fingerprint density at radius 3 is 2.70 bits per heavy atom. The van der Waals surface area contributed by atoms with E-state index < -0.39 is 11.9 Å². The van der Waals surface area contributed by atoms with Crippen LogP contribution >= 0.6 is 0 Å². The van der Waals surface area contributed by atoms with E-state index in [1.807, 2.05) is 18.2 Å². The fraction of sp³-hybridized carbons (Fsp3) is 0.360. The topological polar surface area (TPSA) is 105 Å². The highest BCUT2D eigenvalue weighted by atomic mass is 16.2. The number of para-hydroxylation sites is 3. The number of benzene rings is 2. The summed E-state index contributed by atoms with van der Waals surface area (Å²) in [4.78, 5) is 42.1. The predicted molar refractivity (Wildman–Crippen MR) is 127 cm³/mol. The normalized spacial score (nSPS) is 15.7. The molecule has 2 aromatic carbocycles. The molecule has 0 fully saturated rings. The minimum absolute atomic E-state index is 0.114. The van der Waals surface area contributed by atoms with Crippen LogP contribution in [0.1, 0.15) is 42.9 Å². The summed E-state index contributed by atoms with van der Waals surface area (Å²) >= 11 is 0. The maximum absolute atomic E-state index is 12.5. The van der Waals surface area contributed by atoms with Crippen molar-refractivity contribution in [2.24, 2.45) is 5.92 Å². The molecular weight excluding hydrogens is 418 g/mol. The fourth-order valence-electron chi connectivity index (χ4n) is 4.07. The maximum Gasteiger partial charge on any atom is 0.254 e. The van der Waals surface area contributed by atoms with Crippen LogP contribution < -0.4 is 16.0 Å². The Hall–Kier alpha value is -3.68. The predicted octanol–water partition coefficient (Wildman–Crippen LogP) is 2.88. The summed E-state index contributed by atoms with van der Waals surface area (Å²) in [6.07, 6.45) is 1.34. The Morgan fingerprint density at radius 1 is 1.12 bits per heavy atom. The van der Waals surface area contributed by atoms with Crippen LogP contribution in [0.25, 0.3) is 11.0 Å². The largest absolute Gasteiger partial charge is 0.356 e. The Kier molecular flexibility index (Phi) is 6.72. The first kappa shape index (κ1) is 22.5. The van der Waals surface area contributed by atoms with E-state index in [1.54, 1.807) is 24.3 Å². The van der Waals surface area contributed by atoms with E-state index in [0.717, 1.165) is 36.2 Å². The Morgan fingerprint density at radius 2 is 1.88 bits per heavy atom. The van der Waals surface area contributed by atoms with Gasteiger partial charge in [0.25, 0.3) is 5.91 Å². The van der Waals surface area contributed by atoms with Crippen molar-refractivity contribution in [3.8, 4) is 0 Å². The third kappa shape index (κ3) is 5.22. The van der Waals surface area contributed by atoms with Crippen LogP contribution in [-0.2, 0) is 22.6 Å². The van der Waals surface area contributed by atoms with E-state index in [2.05, 4.69) is 40.4 Å². The molecule has 33 heavy (non-hydrogen) atoms. The number of aryl methyl sites for hydroxylation is 1. The zero-order valence-corrected chi connectivity index (χ0v) is 18.9. The third-order valence-corrected chi connectivity index (χ3v) is 5.62. The van der Waals surface area contributed by atoms with Crippen molar-refractivity contribution in [1.29, 1.82) is 0 Å². The number of amides is 3. The van der Waals surface area contributed by atoms with Crippen molar-refractivity contribution >= 4 is 34.4 Å². The standard InChI is InChI=1S/C25H29N5O3/c1-16(2)15-30-21-11-6-5-10-19(21)27-22(30)12-7-13-26-23(31)14-20-25(33)28-18-9-4-3-8-17(18)24(32)29-20/h3-6,8-11,16,20H,7,12-15H2,1-2H3,(H,26,31)(H,28,33)(H,29,32)/t20-/m0/s1. The van der Waals surface area contributed by atoms with Gasteiger partial charge in [-0.2, -0.15) is 0 Å². The van der Waals surface area contributed by atoms with Crippen LogP contribution in [0.4, 0.5) is 5.69 Å². The molecule has 3 aromatic rings. The summed E-state index contributed by atoms with van der Waals surface area (Å²) in [5, 5.41) is 8.23. The molecule has 1 aromatic heterocycles. The molecule has 3 N–H and O–H groups in total. The molecule has 172 valence electrons. The highest BCUT2D eigenvalue weighted by Crippen LogP contribution is 2.20. The number of nitrogens with one attached hydrogen (secondary N) is 3. The van der Waals surface area contributed by atoms with E-state index in [-0.39, 0.29) is 18.2 Å². The third-order valence-electron chi connectivity index (χ3n) is 5.62. The number of carbonyl (C=O) groups excluding carboxylic acids is 3. The van der Waals surface area contributed by atoms with Gasteiger partial charge in [0.15, 0.2) is 0 Å². The molecule has 8 heteroatoms. The Labute approximate surface area is 192 Å². The van der Waals surface area contributed by atoms with Gasteiger partial charge >= 0.3 is 0 Å². The van der Waals surface area contributed by atoms with Gasteiger partial charge in [0.1, 0.15) is 11.9 Å². The minimum atomic E-state index is -0.917. The molecule has 0 radical (unpaired) electrons. The minimum Gasteiger partial charge on any atom is -0.356 e. The van der Waals surface area contributed by atoms with Gasteiger partial charge in [-0.1, -0.05) is 38.1 Å². The number of hydrogen-bond acceptors (Lipinski definition) is 4. The molecule has 0 unspecified atom stereocenters. The lowest BCUT2D eigenvalue weighted by Gasteiger charge is -2.14. The summed E-state index contributed by atoms with van der Waals surface area (Å²) < 4.78 is 2.25. The van der Waals surface area contributed by atoms with Crippen molar-refractivity contribution in [3.63, 3.8) is 0 Å². The van der Waals surface area contributed by atoms with E-state index in [4.69, 9.17) is 4.98 Å². The lowest BCUT2D eigenvalue weighted by Crippen LogP contribution is -2.44. The van der Waals surface area contributed by atoms with Crippen LogP contribution in [0, 0.1) is 5.92 Å². The molecule has 0 saturated carbocycles. The number of anilines is 1. The number of carbonyl (C=O) groups is 3. The SMILES string of the molecule is CC(C)Cn1c(CCCNC(=O)C[C@@H]2NC(=O)c3ccccc3NC2=O)nc2ccccc21. The molecule has 1 aliphatic rings. The number of imidazole rings is 1. The van der Waals surface area contributed by atoms with Crippen molar-refractivity contribution in [2.75, 3.05) is 11.9 Å². The zero-order valence-electron chi connectivity index (χ0n) is 18.9. The highest BCUT2D eigenvalue weighted by molar-refractivity contribution is 6.10. The molecule has 4 rings (SSSR count). The second kappa shape index (κ2) is 9.85. The summed E-state index contributed by atoms with van der Waals surface area (Å²) in [6, 6.07) is 14.0. The van der Waals surface area contributed by atoms with Gasteiger partial charge in [0.2, 0.25) is 11.8 Å². The first-order valence-corrected chi connectivity index (χ1v) is 11.3. The molecule has 0 saturated heterocycles. The van der Waals surface area contributed by atoms with Gasteiger partial charge < -0.3 is 20.5 Å². The smallest absolute Gasteiger partial charge is 0.254 e. The van der Waals surface area contributed by atoms with E-state index in [0.29, 0.717) is 23.7 Å². The fourth-order valence-corrected chi connectivity index (χ4v) is 4.07. The molecule has 0 aliphatic carbocycles. The second-order valence-corrected chi connectivity index (χ2v) is 8.74. The highest BCUT2D eigenvalue weighted by Gasteiger charge is 2.29. The Bertz CT molecular complexity index is 1180. The van der Waals surface area contributed by atoms with Crippen molar-refractivity contribution < 1.29 is 14.4 Å². The average Bonchev–Trinajstić information content (AvgIpc) is 3.07. The average molecular weight is 448 g/mol. The molecule has 1 aliphatic heterocycles. The van der Waals surface area contributed by atoms with Crippen LogP contribution in [-0.4, -0.2) is 39.9 Å². The van der Waals surface area contributed by atoms with Gasteiger partial charge in [-0.3, -0.25) is 14.4 Å². The van der Waals surface area contributed by atoms with Crippen LogP contribution in [0.15, 0.2) is 48.5 Å². The van der Waals surface area contributed by atoms with Crippen molar-refractivity contribution in [1.82, 2.24) is 20.2 Å². The molecule has 0 spiro atoms. The summed E-state index contributed by atoms with van der Waals surface area (Å²) in [5.41, 5.74) is 2.94. The second-order valence-electron chi connectivity index (χ2n) is 8.74. The van der Waals surface area contributed by atoms with E-state index in [9.17, 15) is 14.4 Å². The lowest BCUT2D eigenvalue weighted by molar-refractivity contribution is -0.125. The molecule has 2 heterocycles. The van der Waals surface area contributed by atoms with E-state index in [1.165, 1.54) is 0 Å². The summed E-state index contributed by atoms with van der Waals surface area (Å²) in [7, 11) is 0. The molecule has 1 atom stereocenters. The van der Waals surface area contributed by atoms with E-state index >= 15 is 0 Å². The van der Waals surface area contributed by atoms with Gasteiger partial charge in [-0.15, -0.1) is 0 Å². The van der Waals surface area contributed by atoms with Gasteiger partial charge in [0.05, 0.1) is 28.7 Å². The summed E-state index contributed by atoms with van der Waals surface area (Å²) in [6.45, 7) is 5.72. The number of aromatic nitrogens is 2. The monoisotopic (exact) mass is 447 g/mol. The number of rotatable bonds is 8. The lowest BCUT2D eigenvalue weighted by atomic mass is 10.1. The maximum atomic E-state index is 12.5. The zero-order chi connectivity index (χ0) is 23.4. The first-order chi connectivity index (χ1) is 15.9. The van der Waals surface area contributed by atoms with Crippen molar-refractivity contribution in [2.45, 2.75) is 45.7 Å².